The van der Waals surface area contributed by atoms with Crippen LogP contribution in [0.3, 0.4) is 0 Å². The van der Waals surface area contributed by atoms with Crippen LogP contribution in [0.1, 0.15) is 18.1 Å². The summed E-state index contributed by atoms with van der Waals surface area (Å²) in [4.78, 5) is 10.1. The van der Waals surface area contributed by atoms with Crippen LogP contribution in [-0.2, 0) is 12.8 Å². The van der Waals surface area contributed by atoms with Gasteiger partial charge >= 0.3 is 0 Å². The molecule has 16 heavy (non-hydrogen) atoms. The summed E-state index contributed by atoms with van der Waals surface area (Å²) in [5.74, 6) is 0.781. The highest BCUT2D eigenvalue weighted by Gasteiger charge is 2.12. The van der Waals surface area contributed by atoms with Crippen molar-refractivity contribution in [3.05, 3.63) is 37.8 Å². The summed E-state index contributed by atoms with van der Waals surface area (Å²) in [6.07, 6.45) is 1.25. The van der Waals surface area contributed by atoms with E-state index in [-0.39, 0.29) is 11.5 Å². The van der Waals surface area contributed by atoms with Crippen molar-refractivity contribution in [1.29, 1.82) is 0 Å². The topological polar surface area (TPSA) is 52.4 Å². The molecule has 0 radical (unpaired) electrons. The Hall–Kier alpha value is -1.10. The lowest BCUT2D eigenvalue weighted by atomic mass is 10.0. The Balaban J connectivity index is 3.04. The van der Waals surface area contributed by atoms with Crippen molar-refractivity contribution in [1.82, 2.24) is 0 Å². The fourth-order valence-electron chi connectivity index (χ4n) is 1.69. The molecule has 88 valence electrons. The van der Waals surface area contributed by atoms with Gasteiger partial charge in [-0.2, -0.15) is 0 Å². The average molecular weight is 288 g/mol. The third-order valence-corrected chi connectivity index (χ3v) is 3.06. The maximum Gasteiger partial charge on any atom is 0.207 e. The Kier molecular flexibility index (Phi) is 4.73. The minimum atomic E-state index is -0.298. The molecular formula is C11H14BrNO3. The number of ether oxygens (including phenoxy) is 1. The third-order valence-electron chi connectivity index (χ3n) is 2.43. The summed E-state index contributed by atoms with van der Waals surface area (Å²) in [7, 11) is 1.61. The molecule has 1 aromatic carbocycles. The van der Waals surface area contributed by atoms with Crippen molar-refractivity contribution in [2.24, 2.45) is 0 Å². The van der Waals surface area contributed by atoms with Crippen molar-refractivity contribution in [2.75, 3.05) is 13.7 Å². The molecule has 0 aliphatic heterocycles. The number of rotatable bonds is 5. The van der Waals surface area contributed by atoms with E-state index in [9.17, 15) is 10.1 Å². The second-order valence-electron chi connectivity index (χ2n) is 3.38. The maximum atomic E-state index is 10.4. The van der Waals surface area contributed by atoms with Crippen molar-refractivity contribution < 1.29 is 9.66 Å². The van der Waals surface area contributed by atoms with Crippen molar-refractivity contribution in [3.63, 3.8) is 0 Å². The van der Waals surface area contributed by atoms with Gasteiger partial charge in [-0.25, -0.2) is 0 Å². The normalized spacial score (nSPS) is 10.2. The van der Waals surface area contributed by atoms with Gasteiger partial charge in [0, 0.05) is 11.3 Å². The van der Waals surface area contributed by atoms with Crippen LogP contribution >= 0.6 is 15.9 Å². The van der Waals surface area contributed by atoms with Crippen LogP contribution in [0.25, 0.3) is 0 Å². The molecule has 0 spiro atoms. The summed E-state index contributed by atoms with van der Waals surface area (Å²) < 4.78 is 6.18. The molecule has 4 nitrogen and oxygen atoms in total. The Morgan fingerprint density at radius 2 is 2.19 bits per heavy atom. The second kappa shape index (κ2) is 5.84. The zero-order chi connectivity index (χ0) is 12.1. The number of hydrogen-bond donors (Lipinski definition) is 0. The van der Waals surface area contributed by atoms with Gasteiger partial charge in [0.15, 0.2) is 0 Å². The summed E-state index contributed by atoms with van der Waals surface area (Å²) in [6.45, 7) is 1.97. The molecule has 0 unspecified atom stereocenters. The number of methoxy groups -OCH3 is 1. The quantitative estimate of drug-likeness (QED) is 0.618. The van der Waals surface area contributed by atoms with Crippen LogP contribution in [0.5, 0.6) is 5.75 Å². The predicted molar refractivity (Wildman–Crippen MR) is 65.6 cm³/mol. The fourth-order valence-corrected chi connectivity index (χ4v) is 2.23. The lowest BCUT2D eigenvalue weighted by Crippen LogP contribution is -2.07. The van der Waals surface area contributed by atoms with Gasteiger partial charge in [-0.15, -0.1) is 0 Å². The van der Waals surface area contributed by atoms with Crippen LogP contribution in [0.15, 0.2) is 16.6 Å². The van der Waals surface area contributed by atoms with Gasteiger partial charge < -0.3 is 4.74 Å². The van der Waals surface area contributed by atoms with E-state index < -0.39 is 0 Å². The van der Waals surface area contributed by atoms with Crippen molar-refractivity contribution >= 4 is 15.9 Å². The van der Waals surface area contributed by atoms with Crippen LogP contribution in [0.2, 0.25) is 0 Å². The molecule has 0 amide bonds. The number of nitro groups is 1. The van der Waals surface area contributed by atoms with Crippen LogP contribution < -0.4 is 4.74 Å². The van der Waals surface area contributed by atoms with Crippen LogP contribution in [0, 0.1) is 10.1 Å². The number of benzene rings is 1. The summed E-state index contributed by atoms with van der Waals surface area (Å²) >= 11 is 3.40. The largest absolute Gasteiger partial charge is 0.495 e. The van der Waals surface area contributed by atoms with E-state index in [1.54, 1.807) is 7.11 Å². The number of nitrogens with zero attached hydrogens (tertiary/aromatic N) is 1. The highest BCUT2D eigenvalue weighted by Crippen LogP contribution is 2.32. The number of halogens is 1. The molecule has 0 saturated carbocycles. The van der Waals surface area contributed by atoms with Crippen molar-refractivity contribution in [2.45, 2.75) is 19.8 Å². The molecule has 0 bridgehead atoms. The second-order valence-corrected chi connectivity index (χ2v) is 4.23. The first-order valence-electron chi connectivity index (χ1n) is 5.06. The zero-order valence-corrected chi connectivity index (χ0v) is 10.9. The molecule has 0 heterocycles. The van der Waals surface area contributed by atoms with Gasteiger partial charge in [0.2, 0.25) is 6.54 Å². The molecule has 1 aromatic rings. The zero-order valence-electron chi connectivity index (χ0n) is 9.33. The minimum Gasteiger partial charge on any atom is -0.495 e. The Morgan fingerprint density at radius 3 is 2.69 bits per heavy atom. The van der Waals surface area contributed by atoms with E-state index in [0.29, 0.717) is 6.42 Å². The van der Waals surface area contributed by atoms with Gasteiger partial charge in [0.25, 0.3) is 0 Å². The van der Waals surface area contributed by atoms with Gasteiger partial charge in [0.05, 0.1) is 11.6 Å². The van der Waals surface area contributed by atoms with Gasteiger partial charge in [-0.1, -0.05) is 13.0 Å². The summed E-state index contributed by atoms with van der Waals surface area (Å²) in [6, 6.07) is 3.78. The highest BCUT2D eigenvalue weighted by molar-refractivity contribution is 9.10. The van der Waals surface area contributed by atoms with Gasteiger partial charge in [-0.05, 0) is 39.5 Å². The predicted octanol–water partition coefficient (Wildman–Crippen LogP) is 2.84. The molecule has 0 fully saturated rings. The first-order chi connectivity index (χ1) is 7.60. The van der Waals surface area contributed by atoms with E-state index in [1.165, 1.54) is 0 Å². The smallest absolute Gasteiger partial charge is 0.207 e. The van der Waals surface area contributed by atoms with Gasteiger partial charge in [-0.3, -0.25) is 10.1 Å². The fraction of sp³-hybridized carbons (Fsp3) is 0.455. The van der Waals surface area contributed by atoms with Crippen molar-refractivity contribution in [3.8, 4) is 5.75 Å². The Labute approximate surface area is 103 Å². The van der Waals surface area contributed by atoms with Gasteiger partial charge in [0.1, 0.15) is 5.75 Å². The summed E-state index contributed by atoms with van der Waals surface area (Å²) in [5.41, 5.74) is 2.03. The van der Waals surface area contributed by atoms with E-state index in [4.69, 9.17) is 4.74 Å². The molecule has 5 heteroatoms. The Bertz CT molecular complexity index is 393. The lowest BCUT2D eigenvalue weighted by Gasteiger charge is -2.13. The number of hydrogen-bond acceptors (Lipinski definition) is 3. The first-order valence-corrected chi connectivity index (χ1v) is 5.85. The van der Waals surface area contributed by atoms with Crippen LogP contribution in [-0.4, -0.2) is 18.6 Å². The SMILES string of the molecule is CCc1c(CC[N+](=O)[O-])ccc(Br)c1OC. The molecule has 0 aliphatic rings. The van der Waals surface area contributed by atoms with E-state index >= 15 is 0 Å². The average Bonchev–Trinajstić information content (AvgIpc) is 2.26. The molecule has 0 N–H and O–H groups in total. The molecule has 0 saturated heterocycles. The Morgan fingerprint density at radius 1 is 1.50 bits per heavy atom. The monoisotopic (exact) mass is 287 g/mol. The van der Waals surface area contributed by atoms with E-state index in [0.717, 1.165) is 27.8 Å². The molecular weight excluding hydrogens is 274 g/mol. The molecule has 0 aliphatic carbocycles. The van der Waals surface area contributed by atoms with E-state index in [1.807, 2.05) is 19.1 Å². The summed E-state index contributed by atoms with van der Waals surface area (Å²) in [5, 5.41) is 10.4. The van der Waals surface area contributed by atoms with E-state index in [2.05, 4.69) is 15.9 Å². The van der Waals surface area contributed by atoms with Crippen LogP contribution in [0.4, 0.5) is 0 Å². The molecule has 0 atom stereocenters. The standard InChI is InChI=1S/C11H14BrNO3/c1-3-9-8(6-7-13(14)15)4-5-10(12)11(9)16-2/h4-5H,3,6-7H2,1-2H3. The highest BCUT2D eigenvalue weighted by atomic mass is 79.9. The molecule has 0 aromatic heterocycles. The first kappa shape index (κ1) is 13.0. The third kappa shape index (κ3) is 2.95. The molecule has 1 rings (SSSR count). The maximum absolute atomic E-state index is 10.4. The lowest BCUT2D eigenvalue weighted by molar-refractivity contribution is -0.479. The minimum absolute atomic E-state index is 0.0439.